The summed E-state index contributed by atoms with van der Waals surface area (Å²) >= 11 is 0. The Hall–Kier alpha value is -3.16. The van der Waals surface area contributed by atoms with Crippen LogP contribution >= 0.6 is 0 Å². The van der Waals surface area contributed by atoms with Gasteiger partial charge < -0.3 is 9.64 Å². The third kappa shape index (κ3) is 4.39. The summed E-state index contributed by atoms with van der Waals surface area (Å²) in [6.45, 7) is -0.560. The lowest BCUT2D eigenvalue weighted by atomic mass is 10.1. The third-order valence-corrected chi connectivity index (χ3v) is 4.38. The third-order valence-electron chi connectivity index (χ3n) is 4.38. The molecule has 0 N–H and O–H groups in total. The second-order valence-corrected chi connectivity index (χ2v) is 6.35. The number of esters is 1. The first-order chi connectivity index (χ1) is 13.3. The maximum Gasteiger partial charge on any atom is 0.416 e. The van der Waals surface area contributed by atoms with Crippen LogP contribution in [-0.2, 0) is 20.5 Å². The highest BCUT2D eigenvalue weighted by atomic mass is 19.4. The fourth-order valence-corrected chi connectivity index (χ4v) is 2.93. The lowest BCUT2D eigenvalue weighted by Gasteiger charge is -2.18. The first-order valence-electron chi connectivity index (χ1n) is 8.48. The van der Waals surface area contributed by atoms with Crippen LogP contribution < -0.4 is 4.90 Å². The number of Topliss-reactive ketones (excluding diaryl/α,β-unsaturated/α-hetero) is 1. The summed E-state index contributed by atoms with van der Waals surface area (Å²) < 4.78 is 43.6. The molecule has 146 valence electrons. The molecule has 5 nitrogen and oxygen atoms in total. The normalized spacial score (nSPS) is 16.9. The van der Waals surface area contributed by atoms with Crippen molar-refractivity contribution in [3.8, 4) is 0 Å². The smallest absolute Gasteiger partial charge is 0.416 e. The predicted octanol–water partition coefficient (Wildman–Crippen LogP) is 3.48. The van der Waals surface area contributed by atoms with Gasteiger partial charge in [0, 0.05) is 24.2 Å². The number of alkyl halides is 3. The van der Waals surface area contributed by atoms with Gasteiger partial charge in [-0.1, -0.05) is 36.4 Å². The molecule has 1 amide bonds. The lowest BCUT2D eigenvalue weighted by molar-refractivity contribution is -0.147. The molecule has 0 spiro atoms. The minimum absolute atomic E-state index is 0.0653. The van der Waals surface area contributed by atoms with Gasteiger partial charge in [0.15, 0.2) is 12.4 Å². The molecule has 0 saturated carbocycles. The Bertz CT molecular complexity index is 896. The molecule has 1 aliphatic rings. The van der Waals surface area contributed by atoms with Crippen LogP contribution in [0.3, 0.4) is 0 Å². The molecule has 0 aliphatic carbocycles. The highest BCUT2D eigenvalue weighted by Crippen LogP contribution is 2.33. The monoisotopic (exact) mass is 391 g/mol. The van der Waals surface area contributed by atoms with E-state index in [0.717, 1.165) is 17.0 Å². The van der Waals surface area contributed by atoms with E-state index in [1.165, 1.54) is 12.1 Å². The first-order valence-corrected chi connectivity index (χ1v) is 8.48. The van der Waals surface area contributed by atoms with E-state index in [1.54, 1.807) is 30.3 Å². The Morgan fingerprint density at radius 1 is 1.07 bits per heavy atom. The zero-order chi connectivity index (χ0) is 20.3. The average molecular weight is 391 g/mol. The number of benzene rings is 2. The second-order valence-electron chi connectivity index (χ2n) is 6.35. The van der Waals surface area contributed by atoms with Crippen molar-refractivity contribution in [3.05, 3.63) is 65.7 Å². The minimum Gasteiger partial charge on any atom is -0.457 e. The number of nitrogens with zero attached hydrogens (tertiary/aromatic N) is 1. The molecule has 0 radical (unpaired) electrons. The molecule has 2 aromatic carbocycles. The van der Waals surface area contributed by atoms with E-state index >= 15 is 0 Å². The van der Waals surface area contributed by atoms with Crippen molar-refractivity contribution in [1.29, 1.82) is 0 Å². The molecule has 0 aromatic heterocycles. The van der Waals surface area contributed by atoms with Gasteiger partial charge >= 0.3 is 12.1 Å². The van der Waals surface area contributed by atoms with E-state index < -0.39 is 36.1 Å². The first kappa shape index (κ1) is 19.6. The van der Waals surface area contributed by atoms with E-state index in [9.17, 15) is 27.6 Å². The van der Waals surface area contributed by atoms with Crippen molar-refractivity contribution in [2.75, 3.05) is 18.1 Å². The van der Waals surface area contributed by atoms with E-state index in [0.29, 0.717) is 5.56 Å². The highest BCUT2D eigenvalue weighted by Gasteiger charge is 2.37. The SMILES string of the molecule is O=C(COC(=O)[C@@H]1CC(=O)N(c2cccc(C(F)(F)F)c2)C1)c1ccccc1. The van der Waals surface area contributed by atoms with Crippen molar-refractivity contribution < 1.29 is 32.3 Å². The average Bonchev–Trinajstić information content (AvgIpc) is 3.08. The molecular weight excluding hydrogens is 375 g/mol. The van der Waals surface area contributed by atoms with E-state index in [2.05, 4.69) is 0 Å². The molecule has 28 heavy (non-hydrogen) atoms. The molecule has 1 fully saturated rings. The van der Waals surface area contributed by atoms with Crippen molar-refractivity contribution in [2.45, 2.75) is 12.6 Å². The van der Waals surface area contributed by atoms with Gasteiger partial charge in [0.05, 0.1) is 11.5 Å². The molecule has 8 heteroatoms. The molecule has 1 atom stereocenters. The van der Waals surface area contributed by atoms with Gasteiger partial charge in [-0.25, -0.2) is 0 Å². The number of hydrogen-bond acceptors (Lipinski definition) is 4. The summed E-state index contributed by atoms with van der Waals surface area (Å²) in [5.41, 5.74) is -0.420. The van der Waals surface area contributed by atoms with E-state index in [4.69, 9.17) is 4.74 Å². The Morgan fingerprint density at radius 2 is 1.79 bits per heavy atom. The Balaban J connectivity index is 1.63. The second kappa shape index (κ2) is 7.84. The largest absolute Gasteiger partial charge is 0.457 e. The van der Waals surface area contributed by atoms with Crippen molar-refractivity contribution in [2.24, 2.45) is 5.92 Å². The van der Waals surface area contributed by atoms with Crippen molar-refractivity contribution in [1.82, 2.24) is 0 Å². The summed E-state index contributed by atoms with van der Waals surface area (Å²) in [5.74, 6) is -2.43. The number of halogens is 3. The quantitative estimate of drug-likeness (QED) is 0.578. The summed E-state index contributed by atoms with van der Waals surface area (Å²) in [6, 6.07) is 12.6. The van der Waals surface area contributed by atoms with Crippen LogP contribution in [0.2, 0.25) is 0 Å². The van der Waals surface area contributed by atoms with Crippen molar-refractivity contribution in [3.63, 3.8) is 0 Å². The maximum atomic E-state index is 12.9. The van der Waals surface area contributed by atoms with Gasteiger partial charge in [-0.05, 0) is 18.2 Å². The lowest BCUT2D eigenvalue weighted by Crippen LogP contribution is -2.27. The highest BCUT2D eigenvalue weighted by molar-refractivity contribution is 6.01. The molecule has 1 heterocycles. The van der Waals surface area contributed by atoms with Gasteiger partial charge in [0.25, 0.3) is 0 Å². The van der Waals surface area contributed by atoms with Crippen LogP contribution in [0.15, 0.2) is 54.6 Å². The number of hydrogen-bond donors (Lipinski definition) is 0. The van der Waals surface area contributed by atoms with Crippen LogP contribution in [0.1, 0.15) is 22.3 Å². The summed E-state index contributed by atoms with van der Waals surface area (Å²) in [6.07, 6.45) is -4.72. The summed E-state index contributed by atoms with van der Waals surface area (Å²) in [5, 5.41) is 0. The molecule has 3 rings (SSSR count). The molecule has 1 aliphatic heterocycles. The van der Waals surface area contributed by atoms with Gasteiger partial charge in [0.1, 0.15) is 0 Å². The van der Waals surface area contributed by atoms with Gasteiger partial charge in [-0.15, -0.1) is 0 Å². The summed E-state index contributed by atoms with van der Waals surface area (Å²) in [4.78, 5) is 37.5. The molecular formula is C20H16F3NO4. The minimum atomic E-state index is -4.53. The topological polar surface area (TPSA) is 63.7 Å². The standard InChI is InChI=1S/C20H16F3NO4/c21-20(22,23)15-7-4-8-16(10-15)24-11-14(9-18(24)26)19(27)28-12-17(25)13-5-2-1-3-6-13/h1-8,10,14H,9,11-12H2/t14-/m1/s1. The van der Waals surface area contributed by atoms with Gasteiger partial charge in [-0.2, -0.15) is 13.2 Å². The number of anilines is 1. The Morgan fingerprint density at radius 3 is 2.46 bits per heavy atom. The summed E-state index contributed by atoms with van der Waals surface area (Å²) in [7, 11) is 0. The number of amides is 1. The maximum absolute atomic E-state index is 12.9. The van der Waals surface area contributed by atoms with Gasteiger partial charge in [-0.3, -0.25) is 14.4 Å². The van der Waals surface area contributed by atoms with Crippen molar-refractivity contribution >= 4 is 23.3 Å². The fraction of sp³-hybridized carbons (Fsp3) is 0.250. The van der Waals surface area contributed by atoms with E-state index in [1.807, 2.05) is 0 Å². The number of rotatable bonds is 5. The Kier molecular flexibility index (Phi) is 5.48. The van der Waals surface area contributed by atoms with Gasteiger partial charge in [0.2, 0.25) is 5.91 Å². The number of carbonyl (C=O) groups excluding carboxylic acids is 3. The number of ketones is 1. The number of ether oxygens (including phenoxy) is 1. The molecule has 1 saturated heterocycles. The fourth-order valence-electron chi connectivity index (χ4n) is 2.93. The zero-order valence-corrected chi connectivity index (χ0v) is 14.6. The predicted molar refractivity (Wildman–Crippen MR) is 93.6 cm³/mol. The zero-order valence-electron chi connectivity index (χ0n) is 14.6. The molecule has 0 bridgehead atoms. The Labute approximate surface area is 158 Å². The van der Waals surface area contributed by atoms with E-state index in [-0.39, 0.29) is 24.4 Å². The van der Waals surface area contributed by atoms with Crippen LogP contribution in [0, 0.1) is 5.92 Å². The molecule has 0 unspecified atom stereocenters. The van der Waals surface area contributed by atoms with Crippen LogP contribution in [-0.4, -0.2) is 30.8 Å². The van der Waals surface area contributed by atoms with Crippen LogP contribution in [0.25, 0.3) is 0 Å². The van der Waals surface area contributed by atoms with Crippen LogP contribution in [0.5, 0.6) is 0 Å². The molecule has 2 aromatic rings. The number of carbonyl (C=O) groups is 3. The van der Waals surface area contributed by atoms with Crippen LogP contribution in [0.4, 0.5) is 18.9 Å².